The molecule has 2 heterocycles. The molecular weight excluding hydrogens is 284 g/mol. The van der Waals surface area contributed by atoms with Crippen LogP contribution in [0.4, 0.5) is 10.2 Å². The molecule has 2 rings (SSSR count). The molecule has 1 aliphatic rings. The normalized spacial score (nSPS) is 25.6. The van der Waals surface area contributed by atoms with E-state index in [0.717, 1.165) is 0 Å². The first-order valence-electron chi connectivity index (χ1n) is 5.99. The lowest BCUT2D eigenvalue weighted by atomic mass is 10.2. The summed E-state index contributed by atoms with van der Waals surface area (Å²) in [5.41, 5.74) is -0.606. The van der Waals surface area contributed by atoms with Crippen LogP contribution in [0.25, 0.3) is 0 Å². The fourth-order valence-corrected chi connectivity index (χ4v) is 3.44. The number of halogens is 1. The molecule has 2 radical (unpaired) electrons. The zero-order valence-electron chi connectivity index (χ0n) is 10.8. The molecule has 20 heavy (non-hydrogen) atoms. The van der Waals surface area contributed by atoms with Crippen molar-refractivity contribution in [3.63, 3.8) is 0 Å². The van der Waals surface area contributed by atoms with E-state index in [-0.39, 0.29) is 30.0 Å². The fraction of sp³-hybridized carbons (Fsp3) is 0.545. The average molecular weight is 297 g/mol. The number of aromatic nitrogens is 2. The summed E-state index contributed by atoms with van der Waals surface area (Å²) in [4.78, 5) is 26.5. The van der Waals surface area contributed by atoms with E-state index in [2.05, 4.69) is 15.0 Å². The van der Waals surface area contributed by atoms with Gasteiger partial charge in [0.05, 0.1) is 0 Å². The van der Waals surface area contributed by atoms with Crippen LogP contribution in [0.1, 0.15) is 18.7 Å². The number of hydrogen-bond acceptors (Lipinski definition) is 5. The third-order valence-electron chi connectivity index (χ3n) is 2.82. The maximum atomic E-state index is 14.0. The van der Waals surface area contributed by atoms with Crippen molar-refractivity contribution in [1.29, 1.82) is 0 Å². The Balaban J connectivity index is 2.17. The highest BCUT2D eigenvalue weighted by atomic mass is 32.2. The lowest BCUT2D eigenvalue weighted by molar-refractivity contribution is -0.114. The minimum absolute atomic E-state index is 0.0954. The van der Waals surface area contributed by atoms with Gasteiger partial charge >= 0.3 is 5.69 Å². The van der Waals surface area contributed by atoms with E-state index in [1.165, 1.54) is 35.5 Å². The van der Waals surface area contributed by atoms with Crippen molar-refractivity contribution in [2.45, 2.75) is 30.1 Å². The third kappa shape index (κ3) is 3.40. The Morgan fingerprint density at radius 2 is 2.50 bits per heavy atom. The Bertz CT molecular complexity index is 556. The van der Waals surface area contributed by atoms with Gasteiger partial charge in [-0.1, -0.05) is 0 Å². The molecule has 9 heteroatoms. The summed E-state index contributed by atoms with van der Waals surface area (Å²) in [7, 11) is 4.98. The van der Waals surface area contributed by atoms with Gasteiger partial charge in [0, 0.05) is 25.0 Å². The second-order valence-electron chi connectivity index (χ2n) is 4.42. The van der Waals surface area contributed by atoms with E-state index in [0.29, 0.717) is 0 Å². The standard InChI is InChI=1S/C11H13BFN3O3S/c1-6(17)14-9-2-3-16(11(18)15-9)10-8(13)4-7(20-10)5-19-12/h2-3,7-8,10H,4-5H2,1H3,(H,14,15,17,18)/t7-,8-,10+/m0/s1. The van der Waals surface area contributed by atoms with Gasteiger partial charge in [-0.3, -0.25) is 9.36 Å². The zero-order chi connectivity index (χ0) is 14.7. The van der Waals surface area contributed by atoms with Gasteiger partial charge < -0.3 is 9.97 Å². The third-order valence-corrected chi connectivity index (χ3v) is 4.33. The molecule has 0 bridgehead atoms. The zero-order valence-corrected chi connectivity index (χ0v) is 11.6. The highest BCUT2D eigenvalue weighted by molar-refractivity contribution is 8.00. The monoisotopic (exact) mass is 297 g/mol. The van der Waals surface area contributed by atoms with E-state index in [9.17, 15) is 14.0 Å². The topological polar surface area (TPSA) is 73.2 Å². The molecule has 0 spiro atoms. The quantitative estimate of drug-likeness (QED) is 0.826. The lowest BCUT2D eigenvalue weighted by Crippen LogP contribution is -2.28. The van der Waals surface area contributed by atoms with Crippen LogP contribution in [-0.4, -0.2) is 41.5 Å². The number of carbonyl (C=O) groups excluding carboxylic acids is 1. The van der Waals surface area contributed by atoms with Crippen LogP contribution in [0.2, 0.25) is 0 Å². The van der Waals surface area contributed by atoms with Gasteiger partial charge in [-0.15, -0.1) is 11.8 Å². The second kappa shape index (κ2) is 6.40. The number of rotatable bonds is 4. The van der Waals surface area contributed by atoms with Crippen molar-refractivity contribution in [3.8, 4) is 0 Å². The van der Waals surface area contributed by atoms with Crippen molar-refractivity contribution in [2.24, 2.45) is 0 Å². The summed E-state index contributed by atoms with van der Waals surface area (Å²) in [6, 6.07) is 1.46. The number of nitrogens with one attached hydrogen (secondary N) is 1. The molecule has 3 atom stereocenters. The SMILES string of the molecule is [B]OC[C@@H]1C[C@H](F)[C@H](n2ccc(NC(C)=O)nc2=O)S1. The Hall–Kier alpha value is -1.35. The van der Waals surface area contributed by atoms with Crippen LogP contribution in [0, 0.1) is 0 Å². The largest absolute Gasteiger partial charge is 0.446 e. The Labute approximate surface area is 120 Å². The minimum atomic E-state index is -1.17. The lowest BCUT2D eigenvalue weighted by Gasteiger charge is -2.15. The van der Waals surface area contributed by atoms with Gasteiger partial charge in [0.15, 0.2) is 0 Å². The molecular formula is C11H13BFN3O3S. The highest BCUT2D eigenvalue weighted by Gasteiger charge is 2.36. The van der Waals surface area contributed by atoms with E-state index in [1.807, 2.05) is 0 Å². The number of nitrogens with zero attached hydrogens (tertiary/aromatic N) is 2. The molecule has 1 N–H and O–H groups in total. The summed E-state index contributed by atoms with van der Waals surface area (Å²) in [5, 5.41) is 1.66. The van der Waals surface area contributed by atoms with Gasteiger partial charge in [-0.25, -0.2) is 9.18 Å². The smallest absolute Gasteiger partial charge is 0.350 e. The van der Waals surface area contributed by atoms with Gasteiger partial charge in [-0.05, 0) is 12.5 Å². The number of carbonyl (C=O) groups is 1. The second-order valence-corrected chi connectivity index (χ2v) is 5.84. The van der Waals surface area contributed by atoms with Crippen molar-refractivity contribution in [1.82, 2.24) is 9.55 Å². The Kier molecular flexibility index (Phi) is 4.82. The number of amides is 1. The van der Waals surface area contributed by atoms with E-state index in [4.69, 9.17) is 8.05 Å². The summed E-state index contributed by atoms with van der Waals surface area (Å²) in [6.45, 7) is 1.54. The first-order valence-corrected chi connectivity index (χ1v) is 6.93. The number of alkyl halides is 1. The maximum absolute atomic E-state index is 14.0. The van der Waals surface area contributed by atoms with Crippen LogP contribution >= 0.6 is 11.8 Å². The van der Waals surface area contributed by atoms with Crippen molar-refractivity contribution in [3.05, 3.63) is 22.7 Å². The predicted octanol–water partition coefficient (Wildman–Crippen LogP) is 0.644. The Morgan fingerprint density at radius 1 is 1.75 bits per heavy atom. The highest BCUT2D eigenvalue weighted by Crippen LogP contribution is 2.42. The first kappa shape index (κ1) is 15.1. The summed E-state index contributed by atoms with van der Waals surface area (Å²) < 4.78 is 19.7. The molecule has 1 aromatic rings. The van der Waals surface area contributed by atoms with Gasteiger partial charge in [-0.2, -0.15) is 4.98 Å². The van der Waals surface area contributed by atoms with E-state index in [1.54, 1.807) is 0 Å². The molecule has 106 valence electrons. The summed E-state index contributed by atoms with van der Waals surface area (Å²) in [6.07, 6.45) is 0.523. The Morgan fingerprint density at radius 3 is 3.10 bits per heavy atom. The minimum Gasteiger partial charge on any atom is -0.446 e. The van der Waals surface area contributed by atoms with E-state index < -0.39 is 17.2 Å². The molecule has 0 saturated carbocycles. The fourth-order valence-electron chi connectivity index (χ4n) is 2.02. The van der Waals surface area contributed by atoms with Crippen molar-refractivity contribution >= 4 is 31.5 Å². The van der Waals surface area contributed by atoms with Crippen molar-refractivity contribution < 1.29 is 13.8 Å². The molecule has 1 aromatic heterocycles. The van der Waals surface area contributed by atoms with Crippen LogP contribution in [0.15, 0.2) is 17.1 Å². The molecule has 1 fully saturated rings. The molecule has 1 aliphatic heterocycles. The van der Waals surface area contributed by atoms with E-state index >= 15 is 0 Å². The van der Waals surface area contributed by atoms with Crippen molar-refractivity contribution in [2.75, 3.05) is 11.9 Å². The van der Waals surface area contributed by atoms with Gasteiger partial charge in [0.2, 0.25) is 5.91 Å². The van der Waals surface area contributed by atoms with Crippen LogP contribution < -0.4 is 11.0 Å². The van der Waals surface area contributed by atoms with Crippen LogP contribution in [-0.2, 0) is 9.45 Å². The molecule has 1 amide bonds. The maximum Gasteiger partial charge on any atom is 0.350 e. The molecule has 6 nitrogen and oxygen atoms in total. The number of anilines is 1. The van der Waals surface area contributed by atoms with Crippen LogP contribution in [0.3, 0.4) is 0 Å². The van der Waals surface area contributed by atoms with Gasteiger partial charge in [0.25, 0.3) is 8.05 Å². The first-order chi connectivity index (χ1) is 9.51. The summed E-state index contributed by atoms with van der Waals surface area (Å²) >= 11 is 1.29. The molecule has 0 unspecified atom stereocenters. The molecule has 1 saturated heterocycles. The number of hydrogen-bond donors (Lipinski definition) is 1. The molecule has 0 aliphatic carbocycles. The molecule has 0 aromatic carbocycles. The average Bonchev–Trinajstić information content (AvgIpc) is 2.70. The van der Waals surface area contributed by atoms with Gasteiger partial charge in [0.1, 0.15) is 17.4 Å². The van der Waals surface area contributed by atoms with Crippen LogP contribution in [0.5, 0.6) is 0 Å². The summed E-state index contributed by atoms with van der Waals surface area (Å²) in [5.74, 6) is -0.174. The number of thioether (sulfide) groups is 1. The predicted molar refractivity (Wildman–Crippen MR) is 74.4 cm³/mol.